The summed E-state index contributed by atoms with van der Waals surface area (Å²) in [5.74, 6) is 0. The summed E-state index contributed by atoms with van der Waals surface area (Å²) in [6, 6.07) is 0. The first kappa shape index (κ1) is 16.9. The molecule has 0 bridgehead atoms. The van der Waals surface area contributed by atoms with E-state index in [0.717, 1.165) is 12.8 Å². The van der Waals surface area contributed by atoms with Crippen LogP contribution in [-0.2, 0) is 14.2 Å². The summed E-state index contributed by atoms with van der Waals surface area (Å²) in [6.07, 6.45) is 1.06. The molecule has 2 aliphatic heterocycles. The highest BCUT2D eigenvalue weighted by Crippen LogP contribution is 2.31. The van der Waals surface area contributed by atoms with Gasteiger partial charge in [0.2, 0.25) is 0 Å². The lowest BCUT2D eigenvalue weighted by Crippen LogP contribution is -2.59. The Hall–Kier alpha value is -1.50. The van der Waals surface area contributed by atoms with Gasteiger partial charge in [-0.1, -0.05) is 5.11 Å². The minimum Gasteiger partial charge on any atom is -0.444 e. The second kappa shape index (κ2) is 6.73. The maximum Gasteiger partial charge on any atom is 0.410 e. The van der Waals surface area contributed by atoms with E-state index in [4.69, 9.17) is 19.7 Å². The Kier molecular flexibility index (Phi) is 5.16. The van der Waals surface area contributed by atoms with Crippen LogP contribution in [-0.4, -0.2) is 61.1 Å². The van der Waals surface area contributed by atoms with Crippen molar-refractivity contribution in [3.05, 3.63) is 10.4 Å². The van der Waals surface area contributed by atoms with E-state index in [1.165, 1.54) is 0 Å². The first-order valence-electron chi connectivity index (χ1n) is 7.58. The van der Waals surface area contributed by atoms with E-state index in [-0.39, 0.29) is 18.7 Å². The van der Waals surface area contributed by atoms with E-state index in [9.17, 15) is 4.79 Å². The number of hydrogen-bond donors (Lipinski definition) is 0. The molecule has 1 spiro atoms. The Labute approximate surface area is 130 Å². The fourth-order valence-electron chi connectivity index (χ4n) is 2.81. The number of carbonyl (C=O) groups is 1. The van der Waals surface area contributed by atoms with Crippen molar-refractivity contribution in [3.8, 4) is 0 Å². The van der Waals surface area contributed by atoms with Gasteiger partial charge in [-0.05, 0) is 39.1 Å². The van der Waals surface area contributed by atoms with Crippen LogP contribution in [0.1, 0.15) is 33.6 Å². The summed E-state index contributed by atoms with van der Waals surface area (Å²) in [4.78, 5) is 16.7. The summed E-state index contributed by atoms with van der Waals surface area (Å²) >= 11 is 0. The van der Waals surface area contributed by atoms with Gasteiger partial charge in [-0.3, -0.25) is 0 Å². The molecule has 2 heterocycles. The second-order valence-corrected chi connectivity index (χ2v) is 6.86. The summed E-state index contributed by atoms with van der Waals surface area (Å²) in [6.45, 7) is 7.73. The molecule has 2 atom stereocenters. The lowest BCUT2D eigenvalue weighted by atomic mass is 9.92. The lowest BCUT2D eigenvalue weighted by Gasteiger charge is -2.46. The van der Waals surface area contributed by atoms with Crippen LogP contribution < -0.4 is 0 Å². The molecular formula is C14H24N4O4. The smallest absolute Gasteiger partial charge is 0.410 e. The maximum absolute atomic E-state index is 12.2. The number of hydrogen-bond acceptors (Lipinski definition) is 5. The largest absolute Gasteiger partial charge is 0.444 e. The van der Waals surface area contributed by atoms with Gasteiger partial charge in [0.15, 0.2) is 0 Å². The second-order valence-electron chi connectivity index (χ2n) is 6.86. The molecule has 0 aromatic heterocycles. The van der Waals surface area contributed by atoms with Gasteiger partial charge in [0, 0.05) is 11.5 Å². The molecule has 22 heavy (non-hydrogen) atoms. The van der Waals surface area contributed by atoms with Crippen LogP contribution >= 0.6 is 0 Å². The topological polar surface area (TPSA) is 96.8 Å². The Morgan fingerprint density at radius 3 is 3.00 bits per heavy atom. The Bertz CT molecular complexity index is 454. The number of amides is 1. The van der Waals surface area contributed by atoms with Crippen LogP contribution in [0.15, 0.2) is 5.11 Å². The van der Waals surface area contributed by atoms with Gasteiger partial charge in [-0.2, -0.15) is 0 Å². The monoisotopic (exact) mass is 312 g/mol. The summed E-state index contributed by atoms with van der Waals surface area (Å²) in [5.41, 5.74) is 7.37. The highest BCUT2D eigenvalue weighted by Gasteiger charge is 2.43. The van der Waals surface area contributed by atoms with E-state index in [2.05, 4.69) is 10.0 Å². The first-order valence-corrected chi connectivity index (χ1v) is 7.58. The van der Waals surface area contributed by atoms with Gasteiger partial charge in [-0.15, -0.1) is 0 Å². The van der Waals surface area contributed by atoms with E-state index in [0.29, 0.717) is 26.3 Å². The van der Waals surface area contributed by atoms with Crippen molar-refractivity contribution in [1.29, 1.82) is 0 Å². The third-order valence-electron chi connectivity index (χ3n) is 3.63. The minimum absolute atomic E-state index is 0.241. The lowest BCUT2D eigenvalue weighted by molar-refractivity contribution is -0.211. The number of azide groups is 1. The van der Waals surface area contributed by atoms with E-state index < -0.39 is 11.2 Å². The van der Waals surface area contributed by atoms with Crippen molar-refractivity contribution in [2.45, 2.75) is 50.9 Å². The average molecular weight is 312 g/mol. The third-order valence-corrected chi connectivity index (χ3v) is 3.63. The number of nitrogens with zero attached hydrogens (tertiary/aromatic N) is 4. The molecule has 0 N–H and O–H groups in total. The molecule has 2 unspecified atom stereocenters. The molecule has 2 saturated heterocycles. The molecule has 0 saturated carbocycles. The van der Waals surface area contributed by atoms with E-state index in [1.807, 2.05) is 20.8 Å². The summed E-state index contributed by atoms with van der Waals surface area (Å²) in [7, 11) is 0. The van der Waals surface area contributed by atoms with Crippen molar-refractivity contribution in [2.75, 3.05) is 32.8 Å². The van der Waals surface area contributed by atoms with Crippen molar-refractivity contribution in [3.63, 3.8) is 0 Å². The molecular weight excluding hydrogens is 288 g/mol. The van der Waals surface area contributed by atoms with Crippen LogP contribution in [0.25, 0.3) is 10.4 Å². The molecule has 1 amide bonds. The fraction of sp³-hybridized carbons (Fsp3) is 0.929. The quantitative estimate of drug-likeness (QED) is 0.444. The minimum atomic E-state index is -0.525. The maximum atomic E-state index is 12.2. The first-order chi connectivity index (χ1) is 10.3. The van der Waals surface area contributed by atoms with Gasteiger partial charge < -0.3 is 19.1 Å². The average Bonchev–Trinajstić information content (AvgIpc) is 2.43. The molecule has 0 aromatic rings. The Balaban J connectivity index is 1.99. The van der Waals surface area contributed by atoms with Gasteiger partial charge >= 0.3 is 6.09 Å². The number of carbonyl (C=O) groups excluding carboxylic acids is 1. The van der Waals surface area contributed by atoms with Gasteiger partial charge in [-0.25, -0.2) is 4.79 Å². The molecule has 124 valence electrons. The highest BCUT2D eigenvalue weighted by atomic mass is 16.6. The van der Waals surface area contributed by atoms with Crippen LogP contribution in [0.5, 0.6) is 0 Å². The predicted molar refractivity (Wildman–Crippen MR) is 79.5 cm³/mol. The SMILES string of the molecule is CC(C)(C)OC(=O)N1CCCC2(COCC(CN=[N+]=[N-])O2)C1. The van der Waals surface area contributed by atoms with Crippen LogP contribution in [0.2, 0.25) is 0 Å². The van der Waals surface area contributed by atoms with Crippen molar-refractivity contribution < 1.29 is 19.0 Å². The Morgan fingerprint density at radius 2 is 2.32 bits per heavy atom. The molecule has 2 rings (SSSR count). The molecule has 2 aliphatic rings. The number of piperidine rings is 1. The van der Waals surface area contributed by atoms with Gasteiger partial charge in [0.05, 0.1) is 32.4 Å². The van der Waals surface area contributed by atoms with Crippen LogP contribution in [0.3, 0.4) is 0 Å². The number of ether oxygens (including phenoxy) is 3. The van der Waals surface area contributed by atoms with Crippen molar-refractivity contribution in [1.82, 2.24) is 4.90 Å². The molecule has 0 aliphatic carbocycles. The van der Waals surface area contributed by atoms with Gasteiger partial charge in [0.1, 0.15) is 11.2 Å². The van der Waals surface area contributed by atoms with Crippen LogP contribution in [0.4, 0.5) is 4.79 Å². The van der Waals surface area contributed by atoms with E-state index in [1.54, 1.807) is 4.90 Å². The highest BCUT2D eigenvalue weighted by molar-refractivity contribution is 5.68. The number of rotatable bonds is 2. The fourth-order valence-corrected chi connectivity index (χ4v) is 2.81. The van der Waals surface area contributed by atoms with E-state index >= 15 is 0 Å². The molecule has 0 aromatic carbocycles. The number of likely N-dealkylation sites (tertiary alicyclic amines) is 1. The van der Waals surface area contributed by atoms with Crippen molar-refractivity contribution >= 4 is 6.09 Å². The van der Waals surface area contributed by atoms with Crippen molar-refractivity contribution in [2.24, 2.45) is 5.11 Å². The van der Waals surface area contributed by atoms with Crippen LogP contribution in [0, 0.1) is 0 Å². The summed E-state index contributed by atoms with van der Waals surface area (Å²) in [5, 5.41) is 3.55. The normalized spacial score (nSPS) is 29.0. The third kappa shape index (κ3) is 4.50. The zero-order chi connectivity index (χ0) is 16.2. The zero-order valence-electron chi connectivity index (χ0n) is 13.4. The zero-order valence-corrected chi connectivity index (χ0v) is 13.4. The summed E-state index contributed by atoms with van der Waals surface area (Å²) < 4.78 is 17.1. The molecule has 0 radical (unpaired) electrons. The Morgan fingerprint density at radius 1 is 1.55 bits per heavy atom. The van der Waals surface area contributed by atoms with Gasteiger partial charge in [0.25, 0.3) is 0 Å². The standard InChI is InChI=1S/C14H24N4O4/c1-13(2,3)22-12(19)18-6-4-5-14(9-18)10-20-8-11(21-14)7-16-17-15/h11H,4-10H2,1-3H3. The molecule has 2 fully saturated rings. The molecule has 8 nitrogen and oxygen atoms in total. The molecule has 8 heteroatoms. The predicted octanol–water partition coefficient (Wildman–Crippen LogP) is 2.48.